The van der Waals surface area contributed by atoms with Crippen LogP contribution in [0.4, 0.5) is 0 Å². The van der Waals surface area contributed by atoms with Gasteiger partial charge >= 0.3 is 0 Å². The van der Waals surface area contributed by atoms with Crippen molar-refractivity contribution in [2.45, 2.75) is 16.4 Å². The van der Waals surface area contributed by atoms with E-state index in [0.717, 1.165) is 12.3 Å². The van der Waals surface area contributed by atoms with Crippen molar-refractivity contribution in [2.75, 3.05) is 12.2 Å². The third kappa shape index (κ3) is 4.36. The van der Waals surface area contributed by atoms with E-state index in [4.69, 9.17) is 4.74 Å². The molecule has 0 spiro atoms. The number of pyridine rings is 1. The Balaban J connectivity index is 2.11. The summed E-state index contributed by atoms with van der Waals surface area (Å²) in [5, 5.41) is 0. The molecule has 0 aliphatic heterocycles. The number of hydrogen-bond donors (Lipinski definition) is 0. The lowest BCUT2D eigenvalue weighted by Crippen LogP contribution is -2.11. The second kappa shape index (κ2) is 6.55. The van der Waals surface area contributed by atoms with Gasteiger partial charge in [-0.25, -0.2) is 16.8 Å². The maximum atomic E-state index is 12.2. The molecule has 2 aromatic rings. The first-order valence-electron chi connectivity index (χ1n) is 6.29. The van der Waals surface area contributed by atoms with Crippen molar-refractivity contribution >= 4 is 19.7 Å². The second-order valence-electron chi connectivity index (χ2n) is 4.65. The SMILES string of the molecule is CS(=O)(=O)c1cccc(S(=O)(=O)COCc2ccccn2)c1. The highest BCUT2D eigenvalue weighted by atomic mass is 32.2. The van der Waals surface area contributed by atoms with Crippen LogP contribution < -0.4 is 0 Å². The Morgan fingerprint density at radius 2 is 1.73 bits per heavy atom. The summed E-state index contributed by atoms with van der Waals surface area (Å²) in [6, 6.07) is 10.5. The molecule has 118 valence electrons. The normalized spacial score (nSPS) is 12.2. The third-order valence-corrected chi connectivity index (χ3v) is 5.37. The predicted octanol–water partition coefficient (Wildman–Crippen LogP) is 1.43. The van der Waals surface area contributed by atoms with Crippen molar-refractivity contribution in [3.63, 3.8) is 0 Å². The van der Waals surface area contributed by atoms with E-state index in [1.165, 1.54) is 18.2 Å². The van der Waals surface area contributed by atoms with Gasteiger partial charge < -0.3 is 4.74 Å². The Hall–Kier alpha value is -1.77. The standard InChI is InChI=1S/C14H15NO5S2/c1-21(16,17)13-6-4-7-14(9-13)22(18,19)11-20-10-12-5-2-3-8-15-12/h2-9H,10-11H2,1H3. The molecule has 1 aromatic heterocycles. The summed E-state index contributed by atoms with van der Waals surface area (Å²) < 4.78 is 52.4. The minimum atomic E-state index is -3.73. The van der Waals surface area contributed by atoms with Crippen LogP contribution in [0, 0.1) is 0 Å². The van der Waals surface area contributed by atoms with Crippen molar-refractivity contribution in [1.29, 1.82) is 0 Å². The molecular formula is C14H15NO5S2. The molecule has 0 saturated heterocycles. The van der Waals surface area contributed by atoms with Crippen molar-refractivity contribution < 1.29 is 21.6 Å². The highest BCUT2D eigenvalue weighted by Crippen LogP contribution is 2.17. The summed E-state index contributed by atoms with van der Waals surface area (Å²) in [5.41, 5.74) is 0.614. The first-order chi connectivity index (χ1) is 10.3. The molecule has 0 amide bonds. The molecule has 0 fully saturated rings. The van der Waals surface area contributed by atoms with Gasteiger partial charge in [0.1, 0.15) is 0 Å². The third-order valence-electron chi connectivity index (χ3n) is 2.81. The monoisotopic (exact) mass is 341 g/mol. The average molecular weight is 341 g/mol. The molecule has 1 heterocycles. The number of benzene rings is 1. The molecule has 22 heavy (non-hydrogen) atoms. The van der Waals surface area contributed by atoms with Gasteiger partial charge in [0, 0.05) is 12.5 Å². The lowest BCUT2D eigenvalue weighted by Gasteiger charge is -2.07. The number of hydrogen-bond acceptors (Lipinski definition) is 6. The molecule has 1 aromatic carbocycles. The fraction of sp³-hybridized carbons (Fsp3) is 0.214. The zero-order valence-corrected chi connectivity index (χ0v) is 13.5. The highest BCUT2D eigenvalue weighted by Gasteiger charge is 2.17. The number of sulfone groups is 2. The van der Waals surface area contributed by atoms with Crippen LogP contribution in [-0.4, -0.2) is 34.0 Å². The Labute approximate surface area is 129 Å². The molecule has 0 N–H and O–H groups in total. The van der Waals surface area contributed by atoms with Crippen molar-refractivity contribution in [2.24, 2.45) is 0 Å². The maximum Gasteiger partial charge on any atom is 0.202 e. The van der Waals surface area contributed by atoms with E-state index in [0.29, 0.717) is 5.69 Å². The van der Waals surface area contributed by atoms with Gasteiger partial charge in [-0.05, 0) is 30.3 Å². The van der Waals surface area contributed by atoms with Crippen LogP contribution in [0.1, 0.15) is 5.69 Å². The molecule has 0 atom stereocenters. The van der Waals surface area contributed by atoms with Gasteiger partial charge in [0.05, 0.1) is 22.1 Å². The van der Waals surface area contributed by atoms with Gasteiger partial charge in [-0.15, -0.1) is 0 Å². The van der Waals surface area contributed by atoms with Crippen molar-refractivity contribution in [1.82, 2.24) is 4.98 Å². The van der Waals surface area contributed by atoms with E-state index in [1.807, 2.05) is 0 Å². The Morgan fingerprint density at radius 1 is 1.00 bits per heavy atom. The lowest BCUT2D eigenvalue weighted by atomic mass is 10.4. The number of ether oxygens (including phenoxy) is 1. The molecule has 0 aliphatic carbocycles. The van der Waals surface area contributed by atoms with Crippen LogP contribution in [0.15, 0.2) is 58.5 Å². The van der Waals surface area contributed by atoms with Gasteiger partial charge in [-0.2, -0.15) is 0 Å². The Kier molecular flexibility index (Phi) is 4.94. The fourth-order valence-electron chi connectivity index (χ4n) is 1.71. The van der Waals surface area contributed by atoms with Crippen LogP contribution in [0.5, 0.6) is 0 Å². The van der Waals surface area contributed by atoms with E-state index in [9.17, 15) is 16.8 Å². The molecule has 0 bridgehead atoms. The topological polar surface area (TPSA) is 90.4 Å². The fourth-order valence-corrected chi connectivity index (χ4v) is 3.48. The highest BCUT2D eigenvalue weighted by molar-refractivity contribution is 7.91. The zero-order chi connectivity index (χ0) is 16.2. The molecular weight excluding hydrogens is 326 g/mol. The quantitative estimate of drug-likeness (QED) is 0.789. The van der Waals surface area contributed by atoms with Crippen LogP contribution in [0.2, 0.25) is 0 Å². The number of rotatable bonds is 6. The molecule has 8 heteroatoms. The minimum absolute atomic E-state index is 0.0432. The largest absolute Gasteiger partial charge is 0.359 e. The summed E-state index contributed by atoms with van der Waals surface area (Å²) in [6.45, 7) is 0.0613. The summed E-state index contributed by atoms with van der Waals surface area (Å²) in [5.74, 6) is -0.545. The Morgan fingerprint density at radius 3 is 2.36 bits per heavy atom. The number of aromatic nitrogens is 1. The van der Waals surface area contributed by atoms with E-state index >= 15 is 0 Å². The van der Waals surface area contributed by atoms with Crippen LogP contribution in [0.25, 0.3) is 0 Å². The summed E-state index contributed by atoms with van der Waals surface area (Å²) in [7, 11) is -7.19. The smallest absolute Gasteiger partial charge is 0.202 e. The van der Waals surface area contributed by atoms with Gasteiger partial charge in [-0.3, -0.25) is 4.98 Å². The second-order valence-corrected chi connectivity index (χ2v) is 8.60. The van der Waals surface area contributed by atoms with Crippen LogP contribution in [-0.2, 0) is 31.0 Å². The molecule has 0 aliphatic rings. The van der Waals surface area contributed by atoms with Gasteiger partial charge in [0.25, 0.3) is 0 Å². The summed E-state index contributed by atoms with van der Waals surface area (Å²) in [4.78, 5) is 3.89. The van der Waals surface area contributed by atoms with Crippen molar-refractivity contribution in [3.05, 3.63) is 54.4 Å². The molecule has 0 radical (unpaired) electrons. The van der Waals surface area contributed by atoms with Gasteiger partial charge in [-0.1, -0.05) is 12.1 Å². The molecule has 0 unspecified atom stereocenters. The average Bonchev–Trinajstić information content (AvgIpc) is 2.47. The summed E-state index contributed by atoms with van der Waals surface area (Å²) >= 11 is 0. The van der Waals surface area contributed by atoms with E-state index in [2.05, 4.69) is 4.98 Å². The van der Waals surface area contributed by atoms with Crippen LogP contribution in [0.3, 0.4) is 0 Å². The minimum Gasteiger partial charge on any atom is -0.359 e. The first kappa shape index (κ1) is 16.6. The van der Waals surface area contributed by atoms with Gasteiger partial charge in [0.15, 0.2) is 15.8 Å². The van der Waals surface area contributed by atoms with E-state index < -0.39 is 25.6 Å². The lowest BCUT2D eigenvalue weighted by molar-refractivity contribution is 0.160. The molecule has 6 nitrogen and oxygen atoms in total. The zero-order valence-electron chi connectivity index (χ0n) is 11.8. The van der Waals surface area contributed by atoms with E-state index in [-0.39, 0.29) is 16.4 Å². The van der Waals surface area contributed by atoms with Crippen LogP contribution >= 0.6 is 0 Å². The summed E-state index contributed by atoms with van der Waals surface area (Å²) in [6.07, 6.45) is 2.61. The maximum absolute atomic E-state index is 12.2. The first-order valence-corrected chi connectivity index (χ1v) is 9.84. The number of nitrogens with zero attached hydrogens (tertiary/aromatic N) is 1. The van der Waals surface area contributed by atoms with Crippen molar-refractivity contribution in [3.8, 4) is 0 Å². The predicted molar refractivity (Wildman–Crippen MR) is 80.6 cm³/mol. The molecule has 2 rings (SSSR count). The molecule has 0 saturated carbocycles. The van der Waals surface area contributed by atoms with Gasteiger partial charge in [0.2, 0.25) is 9.84 Å². The van der Waals surface area contributed by atoms with E-state index in [1.54, 1.807) is 24.4 Å². The Bertz CT molecular complexity index is 846.